The van der Waals surface area contributed by atoms with Gasteiger partial charge in [0.2, 0.25) is 0 Å². The van der Waals surface area contributed by atoms with Crippen LogP contribution in [0.25, 0.3) is 0 Å². The quantitative estimate of drug-likeness (QED) is 0.235. The number of hydrogen-bond donors (Lipinski definition) is 2. The highest BCUT2D eigenvalue weighted by atomic mass is 35.5. The lowest BCUT2D eigenvalue weighted by molar-refractivity contribution is -0.385. The first kappa shape index (κ1) is 27.3. The van der Waals surface area contributed by atoms with E-state index in [0.29, 0.717) is 36.9 Å². The first-order valence-corrected chi connectivity index (χ1v) is 13.3. The van der Waals surface area contributed by atoms with Crippen LogP contribution in [0, 0.1) is 10.1 Å². The lowest BCUT2D eigenvalue weighted by atomic mass is 10.1. The molecule has 1 aromatic heterocycles. The number of carbonyl (C=O) groups excluding carboxylic acids is 2. The highest BCUT2D eigenvalue weighted by Crippen LogP contribution is 2.30. The Labute approximate surface area is 233 Å². The van der Waals surface area contributed by atoms with Gasteiger partial charge in [0.15, 0.2) is 10.9 Å². The second-order valence-electron chi connectivity index (χ2n) is 8.20. The van der Waals surface area contributed by atoms with Gasteiger partial charge in [0, 0.05) is 43.5 Å². The Kier molecular flexibility index (Phi) is 8.77. The molecule has 2 heterocycles. The molecule has 0 radical (unpaired) electrons. The third-order valence-corrected chi connectivity index (χ3v) is 7.15. The molecule has 2 aromatic carbocycles. The summed E-state index contributed by atoms with van der Waals surface area (Å²) >= 11 is 13.2. The zero-order valence-electron chi connectivity index (χ0n) is 20.3. The van der Waals surface area contributed by atoms with E-state index in [9.17, 15) is 19.7 Å². The summed E-state index contributed by atoms with van der Waals surface area (Å²) in [4.78, 5) is 40.6. The molecule has 1 aliphatic heterocycles. The molecule has 1 saturated heterocycles. The molecule has 198 valence electrons. The van der Waals surface area contributed by atoms with Gasteiger partial charge in [-0.15, -0.1) is 11.3 Å². The minimum atomic E-state index is -0.608. The molecule has 10 nitrogen and oxygen atoms in total. The van der Waals surface area contributed by atoms with Crippen LogP contribution < -0.4 is 20.3 Å². The van der Waals surface area contributed by atoms with Gasteiger partial charge in [-0.1, -0.05) is 17.7 Å². The van der Waals surface area contributed by atoms with Crippen molar-refractivity contribution < 1.29 is 19.2 Å². The number of rotatable bonds is 7. The van der Waals surface area contributed by atoms with E-state index in [2.05, 4.69) is 15.5 Å². The first-order valence-electron chi connectivity index (χ1n) is 11.7. The maximum absolute atomic E-state index is 12.6. The molecular weight excluding hydrogens is 550 g/mol. The van der Waals surface area contributed by atoms with Crippen molar-refractivity contribution in [3.8, 4) is 5.75 Å². The van der Waals surface area contributed by atoms with Gasteiger partial charge < -0.3 is 19.9 Å². The largest absolute Gasteiger partial charge is 0.487 e. The van der Waals surface area contributed by atoms with Crippen LogP contribution in [0.3, 0.4) is 0 Å². The predicted octanol–water partition coefficient (Wildman–Crippen LogP) is 4.80. The first-order chi connectivity index (χ1) is 18.3. The Hall–Kier alpha value is -3.74. The maximum atomic E-state index is 12.6. The Morgan fingerprint density at radius 2 is 1.92 bits per heavy atom. The van der Waals surface area contributed by atoms with Crippen LogP contribution in [0.5, 0.6) is 5.75 Å². The predicted molar refractivity (Wildman–Crippen MR) is 152 cm³/mol. The van der Waals surface area contributed by atoms with Crippen LogP contribution in [0.1, 0.15) is 27.0 Å². The molecule has 13 heteroatoms. The van der Waals surface area contributed by atoms with Crippen molar-refractivity contribution in [3.05, 3.63) is 79.5 Å². The average molecular weight is 574 g/mol. The molecule has 2 N–H and O–H groups in total. The number of thiocarbonyl (C=S) groups is 1. The summed E-state index contributed by atoms with van der Waals surface area (Å²) in [6.07, 6.45) is 0. The van der Waals surface area contributed by atoms with Gasteiger partial charge >= 0.3 is 5.69 Å². The number of ether oxygens (including phenoxy) is 1. The summed E-state index contributed by atoms with van der Waals surface area (Å²) in [7, 11) is 0. The van der Waals surface area contributed by atoms with Crippen LogP contribution in [-0.4, -0.2) is 59.5 Å². The Balaban J connectivity index is 1.34. The average Bonchev–Trinajstić information content (AvgIpc) is 3.44. The number of thiophene rings is 1. The fourth-order valence-corrected chi connectivity index (χ4v) is 5.17. The van der Waals surface area contributed by atoms with Gasteiger partial charge in [0.25, 0.3) is 11.8 Å². The van der Waals surface area contributed by atoms with Crippen molar-refractivity contribution in [1.29, 1.82) is 0 Å². The number of amides is 2. The molecule has 0 bridgehead atoms. The third kappa shape index (κ3) is 6.39. The molecule has 0 spiro atoms. The summed E-state index contributed by atoms with van der Waals surface area (Å²) in [5, 5.41) is 19.1. The Morgan fingerprint density at radius 3 is 2.55 bits per heavy atom. The molecule has 1 fully saturated rings. The number of benzene rings is 2. The Bertz CT molecular complexity index is 1360. The number of nitro groups is 1. The molecule has 0 aliphatic carbocycles. The summed E-state index contributed by atoms with van der Waals surface area (Å²) in [6.45, 7) is 4.44. The van der Waals surface area contributed by atoms with Crippen LogP contribution in [0.4, 0.5) is 17.1 Å². The SMILES string of the molecule is CCOc1ccc(C(=O)NC(=S)Nc2ccc(N3CCN(C(=O)c4cccs4)CC3)c(Cl)c2)cc1[N+](=O)[O-]. The normalized spacial score (nSPS) is 13.1. The van der Waals surface area contributed by atoms with E-state index in [1.807, 2.05) is 28.5 Å². The molecule has 4 rings (SSSR count). The third-order valence-electron chi connectivity index (χ3n) is 5.79. The Morgan fingerprint density at radius 1 is 1.16 bits per heavy atom. The molecule has 0 saturated carbocycles. The fourth-order valence-electron chi connectivity index (χ4n) is 3.96. The number of nitrogens with one attached hydrogen (secondary N) is 2. The molecule has 38 heavy (non-hydrogen) atoms. The van der Waals surface area contributed by atoms with Crippen molar-refractivity contribution in [3.63, 3.8) is 0 Å². The summed E-state index contributed by atoms with van der Waals surface area (Å²) < 4.78 is 5.24. The molecule has 2 amide bonds. The van der Waals surface area contributed by atoms with Gasteiger partial charge in [0.1, 0.15) is 0 Å². The highest BCUT2D eigenvalue weighted by Gasteiger charge is 2.24. The van der Waals surface area contributed by atoms with E-state index < -0.39 is 10.8 Å². The summed E-state index contributed by atoms with van der Waals surface area (Å²) in [5.41, 5.74) is 1.15. The monoisotopic (exact) mass is 573 g/mol. The minimum Gasteiger partial charge on any atom is -0.487 e. The topological polar surface area (TPSA) is 117 Å². The molecule has 3 aromatic rings. The lowest BCUT2D eigenvalue weighted by Gasteiger charge is -2.36. The molecule has 1 aliphatic rings. The van der Waals surface area contributed by atoms with E-state index >= 15 is 0 Å². The number of nitro benzene ring substituents is 1. The molecule has 0 atom stereocenters. The minimum absolute atomic E-state index is 0.0102. The van der Waals surface area contributed by atoms with Gasteiger partial charge in [-0.05, 0) is 60.9 Å². The fraction of sp³-hybridized carbons (Fsp3) is 0.240. The molecular formula is C25H24ClN5O5S2. The zero-order chi connectivity index (χ0) is 27.2. The number of anilines is 2. The highest BCUT2D eigenvalue weighted by molar-refractivity contribution is 7.80. The van der Waals surface area contributed by atoms with Crippen LogP contribution in [-0.2, 0) is 0 Å². The van der Waals surface area contributed by atoms with Crippen molar-refractivity contribution in [2.24, 2.45) is 0 Å². The number of carbonyl (C=O) groups is 2. The van der Waals surface area contributed by atoms with Crippen molar-refractivity contribution in [2.75, 3.05) is 43.0 Å². The lowest BCUT2D eigenvalue weighted by Crippen LogP contribution is -2.48. The van der Waals surface area contributed by atoms with E-state index in [4.69, 9.17) is 28.6 Å². The van der Waals surface area contributed by atoms with Crippen molar-refractivity contribution >= 4 is 69.1 Å². The van der Waals surface area contributed by atoms with Crippen LogP contribution >= 0.6 is 35.2 Å². The summed E-state index contributed by atoms with van der Waals surface area (Å²) in [5.74, 6) is -0.480. The number of piperazine rings is 1. The van der Waals surface area contributed by atoms with Crippen molar-refractivity contribution in [1.82, 2.24) is 10.2 Å². The van der Waals surface area contributed by atoms with Crippen LogP contribution in [0.15, 0.2) is 53.9 Å². The second kappa shape index (κ2) is 12.2. The standard InChI is InChI=1S/C25H24ClN5O5S2/c1-2-36-21-8-5-16(14-20(21)31(34)35)23(32)28-25(37)27-17-6-7-19(18(26)15-17)29-9-11-30(12-10-29)24(33)22-4-3-13-38-22/h3-8,13-15H,2,9-12H2,1H3,(H2,27,28,32,37). The second-order valence-corrected chi connectivity index (χ2v) is 9.97. The maximum Gasteiger partial charge on any atom is 0.311 e. The van der Waals surface area contributed by atoms with Gasteiger partial charge in [-0.3, -0.25) is 25.0 Å². The van der Waals surface area contributed by atoms with E-state index in [0.717, 1.165) is 16.6 Å². The zero-order valence-corrected chi connectivity index (χ0v) is 22.7. The molecule has 0 unspecified atom stereocenters. The number of hydrogen-bond acceptors (Lipinski definition) is 8. The number of halogens is 1. The smallest absolute Gasteiger partial charge is 0.311 e. The van der Waals surface area contributed by atoms with Crippen LogP contribution in [0.2, 0.25) is 5.02 Å². The van der Waals surface area contributed by atoms with Crippen molar-refractivity contribution in [2.45, 2.75) is 6.92 Å². The van der Waals surface area contributed by atoms with Gasteiger partial charge in [-0.2, -0.15) is 0 Å². The van der Waals surface area contributed by atoms with Gasteiger partial charge in [0.05, 0.1) is 27.1 Å². The van der Waals surface area contributed by atoms with Gasteiger partial charge in [-0.25, -0.2) is 0 Å². The number of nitrogens with zero attached hydrogens (tertiary/aromatic N) is 3. The van der Waals surface area contributed by atoms with E-state index in [1.54, 1.807) is 19.1 Å². The van der Waals surface area contributed by atoms with E-state index in [-0.39, 0.29) is 34.6 Å². The van der Waals surface area contributed by atoms with E-state index in [1.165, 1.54) is 23.5 Å². The summed E-state index contributed by atoms with van der Waals surface area (Å²) in [6, 6.07) is 13.0.